The molecule has 0 N–H and O–H groups in total. The first-order valence-electron chi connectivity index (χ1n) is 7.77. The zero-order valence-electron chi connectivity index (χ0n) is 12.0. The van der Waals surface area contributed by atoms with Gasteiger partial charge >= 0.3 is 6.09 Å². The summed E-state index contributed by atoms with van der Waals surface area (Å²) in [4.78, 5) is 16.0. The Hall–Kier alpha value is -1.29. The minimum atomic E-state index is -0.156. The molecular weight excluding hydrogens is 252 g/mol. The van der Waals surface area contributed by atoms with Crippen LogP contribution in [0.5, 0.6) is 0 Å². The van der Waals surface area contributed by atoms with Crippen molar-refractivity contribution in [2.24, 2.45) is 11.3 Å². The molecule has 0 spiro atoms. The maximum atomic E-state index is 11.6. The van der Waals surface area contributed by atoms with Crippen LogP contribution < -0.4 is 0 Å². The smallest absolute Gasteiger partial charge is 0.410 e. The SMILES string of the molecule is CCN1CC2C[C@]2(C2=CCC(N3CCOC3=O)C=C2)C1. The highest BCUT2D eigenvalue weighted by Gasteiger charge is 2.60. The predicted octanol–water partition coefficient (Wildman–Crippen LogP) is 2.04. The second-order valence-electron chi connectivity index (χ2n) is 6.51. The van der Waals surface area contributed by atoms with Gasteiger partial charge < -0.3 is 9.64 Å². The van der Waals surface area contributed by atoms with E-state index < -0.39 is 0 Å². The Bertz CT molecular complexity index is 499. The summed E-state index contributed by atoms with van der Waals surface area (Å²) < 4.78 is 5.03. The fourth-order valence-electron chi connectivity index (χ4n) is 4.19. The normalized spacial score (nSPS) is 39.8. The molecule has 3 atom stereocenters. The van der Waals surface area contributed by atoms with Gasteiger partial charge in [0.05, 0.1) is 12.6 Å². The lowest BCUT2D eigenvalue weighted by Gasteiger charge is -2.27. The van der Waals surface area contributed by atoms with Crippen molar-refractivity contribution in [2.75, 3.05) is 32.8 Å². The molecule has 0 aromatic heterocycles. The Balaban J connectivity index is 1.45. The number of hydrogen-bond donors (Lipinski definition) is 0. The van der Waals surface area contributed by atoms with Crippen molar-refractivity contribution >= 4 is 6.09 Å². The van der Waals surface area contributed by atoms with Crippen molar-refractivity contribution < 1.29 is 9.53 Å². The predicted molar refractivity (Wildman–Crippen MR) is 76.3 cm³/mol. The van der Waals surface area contributed by atoms with Gasteiger partial charge in [0.15, 0.2) is 0 Å². The summed E-state index contributed by atoms with van der Waals surface area (Å²) in [5, 5.41) is 0. The number of nitrogens with zero attached hydrogens (tertiary/aromatic N) is 2. The Morgan fingerprint density at radius 1 is 1.50 bits per heavy atom. The van der Waals surface area contributed by atoms with E-state index in [0.717, 1.165) is 25.4 Å². The number of carbonyl (C=O) groups excluding carboxylic acids is 1. The number of cyclic esters (lactones) is 1. The number of carbonyl (C=O) groups is 1. The van der Waals surface area contributed by atoms with Gasteiger partial charge in [-0.1, -0.05) is 25.2 Å². The Kier molecular flexibility index (Phi) is 2.71. The fraction of sp³-hybridized carbons (Fsp3) is 0.688. The Labute approximate surface area is 120 Å². The van der Waals surface area contributed by atoms with Crippen molar-refractivity contribution in [3.8, 4) is 0 Å². The molecule has 4 nitrogen and oxygen atoms in total. The molecule has 2 aliphatic heterocycles. The lowest BCUT2D eigenvalue weighted by Crippen LogP contribution is -2.35. The Morgan fingerprint density at radius 2 is 2.40 bits per heavy atom. The monoisotopic (exact) mass is 274 g/mol. The summed E-state index contributed by atoms with van der Waals surface area (Å²) in [5.74, 6) is 0.867. The molecule has 0 aromatic rings. The van der Waals surface area contributed by atoms with Crippen LogP contribution in [-0.2, 0) is 4.74 Å². The molecule has 4 heteroatoms. The van der Waals surface area contributed by atoms with E-state index in [2.05, 4.69) is 30.1 Å². The highest BCUT2D eigenvalue weighted by Crippen LogP contribution is 2.62. The third-order valence-electron chi connectivity index (χ3n) is 5.51. The Morgan fingerprint density at radius 3 is 3.00 bits per heavy atom. The minimum absolute atomic E-state index is 0.156. The molecule has 1 amide bonds. The summed E-state index contributed by atoms with van der Waals surface area (Å²) in [6.07, 6.45) is 9.00. The number of allylic oxidation sites excluding steroid dienone is 1. The van der Waals surface area contributed by atoms with E-state index in [9.17, 15) is 4.79 Å². The first-order valence-corrected chi connectivity index (χ1v) is 7.77. The van der Waals surface area contributed by atoms with Gasteiger partial charge in [0.2, 0.25) is 0 Å². The van der Waals surface area contributed by atoms with E-state index in [-0.39, 0.29) is 12.1 Å². The van der Waals surface area contributed by atoms with E-state index in [0.29, 0.717) is 12.0 Å². The van der Waals surface area contributed by atoms with Crippen molar-refractivity contribution in [3.63, 3.8) is 0 Å². The van der Waals surface area contributed by atoms with Crippen LogP contribution in [0.25, 0.3) is 0 Å². The number of hydrogen-bond acceptors (Lipinski definition) is 3. The fourth-order valence-corrected chi connectivity index (χ4v) is 4.19. The van der Waals surface area contributed by atoms with Gasteiger partial charge in [-0.2, -0.15) is 0 Å². The van der Waals surface area contributed by atoms with Crippen LogP contribution in [0.1, 0.15) is 19.8 Å². The van der Waals surface area contributed by atoms with Gasteiger partial charge in [-0.15, -0.1) is 0 Å². The van der Waals surface area contributed by atoms with E-state index in [4.69, 9.17) is 4.74 Å². The maximum absolute atomic E-state index is 11.6. The van der Waals surface area contributed by atoms with Crippen LogP contribution in [0.15, 0.2) is 23.8 Å². The molecule has 2 saturated heterocycles. The third kappa shape index (κ3) is 1.74. The number of ether oxygens (including phenoxy) is 1. The summed E-state index contributed by atoms with van der Waals surface area (Å²) in [6, 6.07) is 0.200. The van der Waals surface area contributed by atoms with Crippen LogP contribution in [0.3, 0.4) is 0 Å². The van der Waals surface area contributed by atoms with Gasteiger partial charge in [-0.3, -0.25) is 4.90 Å². The average molecular weight is 274 g/mol. The summed E-state index contributed by atoms with van der Waals surface area (Å²) in [7, 11) is 0. The molecule has 20 heavy (non-hydrogen) atoms. The first kappa shape index (κ1) is 12.5. The van der Waals surface area contributed by atoms with Crippen molar-refractivity contribution in [1.29, 1.82) is 0 Å². The lowest BCUT2D eigenvalue weighted by atomic mass is 9.88. The molecule has 3 fully saturated rings. The number of likely N-dealkylation sites (tertiary alicyclic amines) is 1. The molecule has 1 saturated carbocycles. The van der Waals surface area contributed by atoms with Crippen molar-refractivity contribution in [2.45, 2.75) is 25.8 Å². The molecule has 4 aliphatic rings. The van der Waals surface area contributed by atoms with E-state index >= 15 is 0 Å². The van der Waals surface area contributed by atoms with Crippen molar-refractivity contribution in [3.05, 3.63) is 23.8 Å². The molecule has 0 radical (unpaired) electrons. The number of amides is 1. The van der Waals surface area contributed by atoms with Crippen LogP contribution in [0, 0.1) is 11.3 Å². The number of rotatable bonds is 3. The molecule has 108 valence electrons. The molecule has 2 unspecified atom stereocenters. The zero-order valence-corrected chi connectivity index (χ0v) is 12.0. The van der Waals surface area contributed by atoms with Crippen LogP contribution in [-0.4, -0.2) is 54.7 Å². The standard InChI is InChI=1S/C16H22N2O2/c1-2-17-10-13-9-16(13,11-17)12-3-5-14(6-4-12)18-7-8-20-15(18)19/h3-5,13-14H,2,6-11H2,1H3/t13?,14?,16-/m1/s1. The van der Waals surface area contributed by atoms with E-state index in [1.165, 1.54) is 25.1 Å². The van der Waals surface area contributed by atoms with E-state index in [1.807, 2.05) is 4.90 Å². The quantitative estimate of drug-likeness (QED) is 0.789. The van der Waals surface area contributed by atoms with Gasteiger partial charge in [0.1, 0.15) is 6.61 Å². The second-order valence-corrected chi connectivity index (χ2v) is 6.51. The average Bonchev–Trinajstić information content (AvgIpc) is 2.84. The molecular formula is C16H22N2O2. The minimum Gasteiger partial charge on any atom is -0.448 e. The molecule has 0 aromatic carbocycles. The van der Waals surface area contributed by atoms with Crippen LogP contribution >= 0.6 is 0 Å². The van der Waals surface area contributed by atoms with Crippen molar-refractivity contribution in [1.82, 2.24) is 9.80 Å². The van der Waals surface area contributed by atoms with Crippen LogP contribution in [0.4, 0.5) is 4.79 Å². The van der Waals surface area contributed by atoms with Gasteiger partial charge in [-0.05, 0) is 30.9 Å². The van der Waals surface area contributed by atoms with Crippen LogP contribution in [0.2, 0.25) is 0 Å². The summed E-state index contributed by atoms with van der Waals surface area (Å²) in [5.41, 5.74) is 1.96. The molecule has 0 bridgehead atoms. The second kappa shape index (κ2) is 4.35. The number of piperidine rings is 1. The summed E-state index contributed by atoms with van der Waals surface area (Å²) in [6.45, 7) is 7.17. The molecule has 2 aliphatic carbocycles. The maximum Gasteiger partial charge on any atom is 0.410 e. The highest BCUT2D eigenvalue weighted by molar-refractivity contribution is 5.70. The third-order valence-corrected chi connectivity index (χ3v) is 5.51. The molecule has 2 heterocycles. The number of fused-ring (bicyclic) bond motifs is 1. The first-order chi connectivity index (χ1) is 9.73. The van der Waals surface area contributed by atoms with Gasteiger partial charge in [-0.25, -0.2) is 4.79 Å². The zero-order chi connectivity index (χ0) is 13.7. The highest BCUT2D eigenvalue weighted by atomic mass is 16.6. The largest absolute Gasteiger partial charge is 0.448 e. The van der Waals surface area contributed by atoms with E-state index in [1.54, 1.807) is 0 Å². The van der Waals surface area contributed by atoms with Gasteiger partial charge in [0.25, 0.3) is 0 Å². The topological polar surface area (TPSA) is 32.8 Å². The summed E-state index contributed by atoms with van der Waals surface area (Å²) >= 11 is 0. The molecule has 4 rings (SSSR count). The van der Waals surface area contributed by atoms with Gasteiger partial charge in [0, 0.05) is 18.5 Å². The lowest BCUT2D eigenvalue weighted by molar-refractivity contribution is 0.153.